The molecule has 0 atom stereocenters. The molecular formula is C11H9BrN2O3S. The SMILES string of the molecule is O=C(O)CSCc1nc(-c2cccc(Br)c2)no1. The highest BCUT2D eigenvalue weighted by molar-refractivity contribution is 9.10. The summed E-state index contributed by atoms with van der Waals surface area (Å²) in [4.78, 5) is 14.6. The summed E-state index contributed by atoms with van der Waals surface area (Å²) in [6.07, 6.45) is 0. The van der Waals surface area contributed by atoms with Gasteiger partial charge in [-0.2, -0.15) is 4.98 Å². The molecule has 1 heterocycles. The van der Waals surface area contributed by atoms with Gasteiger partial charge in [0.1, 0.15) is 0 Å². The van der Waals surface area contributed by atoms with E-state index in [0.29, 0.717) is 17.5 Å². The number of carboxylic acid groups (broad SMARTS) is 1. The summed E-state index contributed by atoms with van der Waals surface area (Å²) in [5.41, 5.74) is 0.850. The van der Waals surface area contributed by atoms with Gasteiger partial charge in [-0.3, -0.25) is 4.79 Å². The van der Waals surface area contributed by atoms with Crippen molar-refractivity contribution in [1.29, 1.82) is 0 Å². The van der Waals surface area contributed by atoms with E-state index in [1.807, 2.05) is 24.3 Å². The molecule has 2 rings (SSSR count). The number of aliphatic carboxylic acids is 1. The van der Waals surface area contributed by atoms with E-state index < -0.39 is 5.97 Å². The van der Waals surface area contributed by atoms with E-state index in [9.17, 15) is 4.79 Å². The number of rotatable bonds is 5. The fourth-order valence-corrected chi connectivity index (χ4v) is 2.25. The average molecular weight is 329 g/mol. The third-order valence-corrected chi connectivity index (χ3v) is 3.40. The van der Waals surface area contributed by atoms with E-state index in [1.165, 1.54) is 11.8 Å². The summed E-state index contributed by atoms with van der Waals surface area (Å²) < 4.78 is 5.99. The minimum atomic E-state index is -0.855. The fraction of sp³-hybridized carbons (Fsp3) is 0.182. The van der Waals surface area contributed by atoms with Crippen LogP contribution in [0.5, 0.6) is 0 Å². The van der Waals surface area contributed by atoms with E-state index in [4.69, 9.17) is 9.63 Å². The van der Waals surface area contributed by atoms with Crippen LogP contribution >= 0.6 is 27.7 Å². The molecule has 0 aliphatic rings. The molecule has 0 bridgehead atoms. The third-order valence-electron chi connectivity index (χ3n) is 2.00. The number of hydrogen-bond donors (Lipinski definition) is 1. The zero-order valence-corrected chi connectivity index (χ0v) is 11.6. The highest BCUT2D eigenvalue weighted by Gasteiger charge is 2.09. The number of aromatic nitrogens is 2. The molecule has 0 aliphatic heterocycles. The first kappa shape index (κ1) is 13.1. The van der Waals surface area contributed by atoms with E-state index in [-0.39, 0.29) is 5.75 Å². The van der Waals surface area contributed by atoms with Gasteiger partial charge in [-0.25, -0.2) is 0 Å². The van der Waals surface area contributed by atoms with Crippen LogP contribution in [0.4, 0.5) is 0 Å². The van der Waals surface area contributed by atoms with Crippen LogP contribution in [-0.2, 0) is 10.5 Å². The van der Waals surface area contributed by atoms with Gasteiger partial charge in [-0.05, 0) is 12.1 Å². The van der Waals surface area contributed by atoms with E-state index in [1.54, 1.807) is 0 Å². The zero-order valence-electron chi connectivity index (χ0n) is 9.17. The van der Waals surface area contributed by atoms with Crippen LogP contribution in [-0.4, -0.2) is 27.0 Å². The third kappa shape index (κ3) is 3.58. The highest BCUT2D eigenvalue weighted by Crippen LogP contribution is 2.21. The Balaban J connectivity index is 2.04. The Labute approximate surface area is 116 Å². The van der Waals surface area contributed by atoms with E-state index in [0.717, 1.165) is 10.0 Å². The summed E-state index contributed by atoms with van der Waals surface area (Å²) >= 11 is 4.59. The molecule has 1 N–H and O–H groups in total. The van der Waals surface area contributed by atoms with Crippen molar-refractivity contribution in [2.24, 2.45) is 0 Å². The first-order valence-electron chi connectivity index (χ1n) is 5.03. The largest absolute Gasteiger partial charge is 0.481 e. The van der Waals surface area contributed by atoms with Gasteiger partial charge in [0.05, 0.1) is 11.5 Å². The molecule has 1 aromatic carbocycles. The molecule has 0 aliphatic carbocycles. The maximum absolute atomic E-state index is 10.4. The molecule has 0 fully saturated rings. The minimum Gasteiger partial charge on any atom is -0.481 e. The lowest BCUT2D eigenvalue weighted by molar-refractivity contribution is -0.133. The Morgan fingerprint density at radius 3 is 3.06 bits per heavy atom. The predicted molar refractivity (Wildman–Crippen MR) is 71.2 cm³/mol. The first-order chi connectivity index (χ1) is 8.65. The first-order valence-corrected chi connectivity index (χ1v) is 6.98. The Hall–Kier alpha value is -1.34. The average Bonchev–Trinajstić information content (AvgIpc) is 2.77. The van der Waals surface area contributed by atoms with Gasteiger partial charge in [0.25, 0.3) is 0 Å². The van der Waals surface area contributed by atoms with Crippen LogP contribution in [0.1, 0.15) is 5.89 Å². The number of halogens is 1. The minimum absolute atomic E-state index is 0.0224. The van der Waals surface area contributed by atoms with Gasteiger partial charge in [0.15, 0.2) is 0 Å². The van der Waals surface area contributed by atoms with Crippen molar-refractivity contribution in [3.63, 3.8) is 0 Å². The van der Waals surface area contributed by atoms with Crippen LogP contribution in [0.25, 0.3) is 11.4 Å². The van der Waals surface area contributed by atoms with E-state index in [2.05, 4.69) is 26.1 Å². The van der Waals surface area contributed by atoms with Crippen molar-refractivity contribution in [3.8, 4) is 11.4 Å². The predicted octanol–water partition coefficient (Wildman–Crippen LogP) is 2.82. The van der Waals surface area contributed by atoms with Gasteiger partial charge in [0, 0.05) is 10.0 Å². The molecule has 7 heteroatoms. The second kappa shape index (κ2) is 6.01. The molecule has 0 saturated carbocycles. The molecule has 2 aromatic rings. The second-order valence-corrected chi connectivity index (χ2v) is 5.31. The molecule has 0 saturated heterocycles. The summed E-state index contributed by atoms with van der Waals surface area (Å²) in [7, 11) is 0. The van der Waals surface area contributed by atoms with Gasteiger partial charge in [0.2, 0.25) is 11.7 Å². The molecule has 1 aromatic heterocycles. The maximum Gasteiger partial charge on any atom is 0.313 e. The van der Waals surface area contributed by atoms with Crippen molar-refractivity contribution in [1.82, 2.24) is 10.1 Å². The van der Waals surface area contributed by atoms with Crippen LogP contribution < -0.4 is 0 Å². The number of thioether (sulfide) groups is 1. The molecule has 0 radical (unpaired) electrons. The lowest BCUT2D eigenvalue weighted by atomic mass is 10.2. The summed E-state index contributed by atoms with van der Waals surface area (Å²) in [6, 6.07) is 7.56. The number of nitrogens with zero attached hydrogens (tertiary/aromatic N) is 2. The lowest BCUT2D eigenvalue weighted by Gasteiger charge is -1.94. The van der Waals surface area contributed by atoms with Crippen molar-refractivity contribution < 1.29 is 14.4 Å². The van der Waals surface area contributed by atoms with Crippen molar-refractivity contribution >= 4 is 33.7 Å². The molecule has 18 heavy (non-hydrogen) atoms. The Morgan fingerprint density at radius 1 is 1.50 bits per heavy atom. The Bertz CT molecular complexity index is 559. The molecule has 0 unspecified atom stereocenters. The molecule has 0 spiro atoms. The Morgan fingerprint density at radius 2 is 2.33 bits per heavy atom. The number of hydrogen-bond acceptors (Lipinski definition) is 5. The normalized spacial score (nSPS) is 10.5. The van der Waals surface area contributed by atoms with Gasteiger partial charge < -0.3 is 9.63 Å². The van der Waals surface area contributed by atoms with Crippen molar-refractivity contribution in [2.45, 2.75) is 5.75 Å². The number of benzene rings is 1. The highest BCUT2D eigenvalue weighted by atomic mass is 79.9. The quantitative estimate of drug-likeness (QED) is 0.909. The topological polar surface area (TPSA) is 76.2 Å². The monoisotopic (exact) mass is 328 g/mol. The fourth-order valence-electron chi connectivity index (χ4n) is 1.28. The lowest BCUT2D eigenvalue weighted by Crippen LogP contribution is -1.98. The van der Waals surface area contributed by atoms with Gasteiger partial charge >= 0.3 is 5.97 Å². The Kier molecular flexibility index (Phi) is 4.38. The second-order valence-electron chi connectivity index (χ2n) is 3.41. The molecular weight excluding hydrogens is 320 g/mol. The van der Waals surface area contributed by atoms with Crippen LogP contribution in [0.3, 0.4) is 0 Å². The van der Waals surface area contributed by atoms with Gasteiger partial charge in [-0.15, -0.1) is 11.8 Å². The van der Waals surface area contributed by atoms with Crippen molar-refractivity contribution in [2.75, 3.05) is 5.75 Å². The van der Waals surface area contributed by atoms with Crippen LogP contribution in [0.2, 0.25) is 0 Å². The molecule has 5 nitrogen and oxygen atoms in total. The standard InChI is InChI=1S/C11H9BrN2O3S/c12-8-3-1-2-7(4-8)11-13-9(17-14-11)5-18-6-10(15)16/h1-4H,5-6H2,(H,15,16). The van der Waals surface area contributed by atoms with E-state index >= 15 is 0 Å². The smallest absolute Gasteiger partial charge is 0.313 e. The zero-order chi connectivity index (χ0) is 13.0. The number of carboxylic acids is 1. The van der Waals surface area contributed by atoms with Crippen LogP contribution in [0, 0.1) is 0 Å². The molecule has 94 valence electrons. The number of carbonyl (C=O) groups is 1. The summed E-state index contributed by atoms with van der Waals surface area (Å²) in [6.45, 7) is 0. The summed E-state index contributed by atoms with van der Waals surface area (Å²) in [5.74, 6) is 0.493. The molecule has 0 amide bonds. The maximum atomic E-state index is 10.4. The van der Waals surface area contributed by atoms with Crippen molar-refractivity contribution in [3.05, 3.63) is 34.6 Å². The van der Waals surface area contributed by atoms with Crippen LogP contribution in [0.15, 0.2) is 33.3 Å². The van der Waals surface area contributed by atoms with Gasteiger partial charge in [-0.1, -0.05) is 33.2 Å². The summed E-state index contributed by atoms with van der Waals surface area (Å²) in [5, 5.41) is 12.4.